The number of hydrogen-bond donors (Lipinski definition) is 8. The van der Waals surface area contributed by atoms with Gasteiger partial charge in [0.2, 0.25) is 29.5 Å². The Kier molecular flexibility index (Phi) is 10.3. The van der Waals surface area contributed by atoms with Gasteiger partial charge in [0.1, 0.15) is 12.1 Å². The van der Waals surface area contributed by atoms with E-state index in [1.54, 1.807) is 0 Å². The number of aromatic nitrogens is 2. The van der Waals surface area contributed by atoms with E-state index in [1.807, 2.05) is 5.32 Å². The second kappa shape index (κ2) is 12.6. The number of primary amides is 2. The number of nitrogens with zero attached hydrogens (tertiary/aromatic N) is 1. The van der Waals surface area contributed by atoms with Crippen molar-refractivity contribution in [2.45, 2.75) is 43.8 Å². The van der Waals surface area contributed by atoms with Gasteiger partial charge in [0, 0.05) is 24.7 Å². The molecule has 0 saturated carbocycles. The van der Waals surface area contributed by atoms with Crippen molar-refractivity contribution in [1.29, 1.82) is 0 Å². The van der Waals surface area contributed by atoms with Gasteiger partial charge in [-0.25, -0.2) is 9.78 Å². The van der Waals surface area contributed by atoms with Gasteiger partial charge in [-0.2, -0.15) is 0 Å². The first kappa shape index (κ1) is 26.0. The maximum absolute atomic E-state index is 12.4. The van der Waals surface area contributed by atoms with E-state index in [0.717, 1.165) is 0 Å². The molecule has 0 aliphatic rings. The molecular weight excluding hydrogens is 428 g/mol. The molecule has 11 N–H and O–H groups in total. The number of carboxylic acids is 1. The fourth-order valence-corrected chi connectivity index (χ4v) is 2.50. The van der Waals surface area contributed by atoms with Crippen LogP contribution in [0.15, 0.2) is 12.5 Å². The van der Waals surface area contributed by atoms with E-state index >= 15 is 0 Å². The van der Waals surface area contributed by atoms with Crippen LogP contribution in [0.1, 0.15) is 25.0 Å². The lowest BCUT2D eigenvalue weighted by molar-refractivity contribution is -0.143. The molecule has 0 spiro atoms. The van der Waals surface area contributed by atoms with Gasteiger partial charge in [-0.1, -0.05) is 0 Å². The Hall–Kier alpha value is -4.01. The van der Waals surface area contributed by atoms with Gasteiger partial charge in [0.25, 0.3) is 0 Å². The van der Waals surface area contributed by atoms with Gasteiger partial charge in [0.05, 0.1) is 25.3 Å². The number of nitrogens with one attached hydrogen (secondary N) is 4. The zero-order valence-corrected chi connectivity index (χ0v) is 17.0. The van der Waals surface area contributed by atoms with Crippen LogP contribution < -0.4 is 33.2 Å². The van der Waals surface area contributed by atoms with Crippen molar-refractivity contribution in [3.8, 4) is 0 Å². The van der Waals surface area contributed by atoms with Gasteiger partial charge in [-0.15, -0.1) is 0 Å². The third-order valence-electron chi connectivity index (χ3n) is 4.11. The van der Waals surface area contributed by atoms with Crippen molar-refractivity contribution < 1.29 is 33.9 Å². The molecule has 0 saturated heterocycles. The normalized spacial score (nSPS) is 13.3. The van der Waals surface area contributed by atoms with Gasteiger partial charge < -0.3 is 43.2 Å². The molecule has 1 aromatic heterocycles. The summed E-state index contributed by atoms with van der Waals surface area (Å²) < 4.78 is 0. The lowest BCUT2D eigenvalue weighted by atomic mass is 10.1. The highest BCUT2D eigenvalue weighted by Gasteiger charge is 2.26. The largest absolute Gasteiger partial charge is 0.480 e. The van der Waals surface area contributed by atoms with E-state index in [1.165, 1.54) is 12.5 Å². The lowest BCUT2D eigenvalue weighted by Gasteiger charge is -2.20. The number of H-pyrrole nitrogens is 1. The van der Waals surface area contributed by atoms with Gasteiger partial charge in [0.15, 0.2) is 0 Å². The molecule has 3 unspecified atom stereocenters. The molecule has 0 radical (unpaired) electrons. The van der Waals surface area contributed by atoms with E-state index in [9.17, 15) is 28.8 Å². The highest BCUT2D eigenvalue weighted by atomic mass is 16.4. The SMILES string of the molecule is NC(=O)CCC(NC(=O)C(N)Cc1cnc[nH]1)C(=O)NCC(=O)NC(CC(N)=O)C(=O)O. The first-order chi connectivity index (χ1) is 15.0. The number of imidazole rings is 1. The van der Waals surface area contributed by atoms with Crippen molar-refractivity contribution in [3.63, 3.8) is 0 Å². The monoisotopic (exact) mass is 454 g/mol. The number of aliphatic carboxylic acids is 1. The average molecular weight is 454 g/mol. The van der Waals surface area contributed by atoms with Crippen LogP contribution in [0.3, 0.4) is 0 Å². The van der Waals surface area contributed by atoms with Crippen LogP contribution in [0.2, 0.25) is 0 Å². The fraction of sp³-hybridized carbons (Fsp3) is 0.471. The zero-order chi connectivity index (χ0) is 24.3. The predicted molar refractivity (Wildman–Crippen MR) is 107 cm³/mol. The smallest absolute Gasteiger partial charge is 0.326 e. The molecule has 0 aliphatic carbocycles. The number of amides is 5. The van der Waals surface area contributed by atoms with Crippen molar-refractivity contribution >= 4 is 35.5 Å². The number of hydrogen-bond acceptors (Lipinski definition) is 8. The molecule has 5 amide bonds. The van der Waals surface area contributed by atoms with Crippen molar-refractivity contribution in [2.24, 2.45) is 17.2 Å². The maximum Gasteiger partial charge on any atom is 0.326 e. The first-order valence-corrected chi connectivity index (χ1v) is 9.39. The summed E-state index contributed by atoms with van der Waals surface area (Å²) in [5.41, 5.74) is 16.4. The van der Waals surface area contributed by atoms with Gasteiger partial charge in [-0.05, 0) is 6.42 Å². The lowest BCUT2D eigenvalue weighted by Crippen LogP contribution is -2.54. The molecule has 176 valence electrons. The van der Waals surface area contributed by atoms with E-state index < -0.39 is 66.6 Å². The third kappa shape index (κ3) is 9.66. The summed E-state index contributed by atoms with van der Waals surface area (Å²) in [6, 6.07) is -3.84. The second-order valence-electron chi connectivity index (χ2n) is 6.80. The molecule has 1 aromatic rings. The van der Waals surface area contributed by atoms with Gasteiger partial charge >= 0.3 is 5.97 Å². The standard InChI is InChI=1S/C17H26N8O7/c18-9(3-8-5-21-7-23-8)15(29)25-10(1-2-12(19)26)16(30)22-6-14(28)24-11(17(31)32)4-13(20)27/h5,7,9-11H,1-4,6,18H2,(H2,19,26)(H2,20,27)(H,21,23)(H,22,30)(H,24,28)(H,25,29)(H,31,32). The van der Waals surface area contributed by atoms with Crippen molar-refractivity contribution in [2.75, 3.05) is 6.54 Å². The highest BCUT2D eigenvalue weighted by molar-refractivity contribution is 5.93. The van der Waals surface area contributed by atoms with Crippen LogP contribution in [-0.2, 0) is 35.2 Å². The van der Waals surface area contributed by atoms with E-state index in [0.29, 0.717) is 5.69 Å². The Balaban J connectivity index is 2.68. The Morgan fingerprint density at radius 1 is 1.03 bits per heavy atom. The number of nitrogens with two attached hydrogens (primary N) is 3. The Morgan fingerprint density at radius 3 is 2.25 bits per heavy atom. The van der Waals surface area contributed by atoms with Crippen LogP contribution in [-0.4, -0.2) is 75.2 Å². The summed E-state index contributed by atoms with van der Waals surface area (Å²) in [7, 11) is 0. The third-order valence-corrected chi connectivity index (χ3v) is 4.11. The van der Waals surface area contributed by atoms with Crippen LogP contribution >= 0.6 is 0 Å². The summed E-state index contributed by atoms with van der Waals surface area (Å²) in [4.78, 5) is 76.3. The molecule has 0 fully saturated rings. The quantitative estimate of drug-likeness (QED) is 0.135. The highest BCUT2D eigenvalue weighted by Crippen LogP contribution is 2.01. The summed E-state index contributed by atoms with van der Waals surface area (Å²) in [6.45, 7) is -0.662. The predicted octanol–water partition coefficient (Wildman–Crippen LogP) is -4.41. The minimum atomic E-state index is -1.57. The van der Waals surface area contributed by atoms with E-state index in [4.69, 9.17) is 22.3 Å². The number of carboxylic acid groups (broad SMARTS) is 1. The molecule has 1 rings (SSSR count). The number of rotatable bonds is 14. The Bertz CT molecular complexity index is 842. The first-order valence-electron chi connectivity index (χ1n) is 9.39. The summed E-state index contributed by atoms with van der Waals surface area (Å²) in [5, 5.41) is 15.6. The zero-order valence-electron chi connectivity index (χ0n) is 17.0. The Labute approximate surface area is 181 Å². The van der Waals surface area contributed by atoms with E-state index in [-0.39, 0.29) is 19.3 Å². The van der Waals surface area contributed by atoms with Crippen LogP contribution in [0.25, 0.3) is 0 Å². The number of carbonyl (C=O) groups excluding carboxylic acids is 5. The van der Waals surface area contributed by atoms with E-state index in [2.05, 4.69) is 20.6 Å². The molecule has 0 bridgehead atoms. The Morgan fingerprint density at radius 2 is 1.72 bits per heavy atom. The minimum Gasteiger partial charge on any atom is -0.480 e. The van der Waals surface area contributed by atoms with Gasteiger partial charge in [-0.3, -0.25) is 24.0 Å². The second-order valence-corrected chi connectivity index (χ2v) is 6.80. The average Bonchev–Trinajstić information content (AvgIpc) is 3.20. The molecule has 15 nitrogen and oxygen atoms in total. The van der Waals surface area contributed by atoms with Crippen LogP contribution in [0, 0.1) is 0 Å². The van der Waals surface area contributed by atoms with Crippen molar-refractivity contribution in [1.82, 2.24) is 25.9 Å². The summed E-state index contributed by atoms with van der Waals surface area (Å²) in [5.74, 6) is -5.58. The molecule has 0 aliphatic heterocycles. The number of aromatic amines is 1. The van der Waals surface area contributed by atoms with Crippen LogP contribution in [0.4, 0.5) is 0 Å². The summed E-state index contributed by atoms with van der Waals surface area (Å²) in [6.07, 6.45) is 1.96. The minimum absolute atomic E-state index is 0.106. The molecule has 3 atom stereocenters. The van der Waals surface area contributed by atoms with Crippen LogP contribution in [0.5, 0.6) is 0 Å². The van der Waals surface area contributed by atoms with Crippen molar-refractivity contribution in [3.05, 3.63) is 18.2 Å². The molecule has 1 heterocycles. The number of carbonyl (C=O) groups is 6. The fourth-order valence-electron chi connectivity index (χ4n) is 2.50. The maximum atomic E-state index is 12.4. The molecule has 0 aromatic carbocycles. The molecular formula is C17H26N8O7. The molecule has 15 heteroatoms. The summed E-state index contributed by atoms with van der Waals surface area (Å²) >= 11 is 0. The topological polar surface area (TPSA) is 265 Å². The molecule has 32 heavy (non-hydrogen) atoms.